The number of nitrogens with zero attached hydrogens (tertiary/aromatic N) is 4. The predicted octanol–water partition coefficient (Wildman–Crippen LogP) is 2.52. The second-order valence-corrected chi connectivity index (χ2v) is 5.13. The van der Waals surface area contributed by atoms with Crippen LogP contribution in [0.15, 0.2) is 48.5 Å². The average molecular weight is 341 g/mol. The number of aromatic nitrogens is 4. The number of hydrogen-bond acceptors (Lipinski definition) is 5. The summed E-state index contributed by atoms with van der Waals surface area (Å²) in [5.74, 6) is -0.103. The maximum Gasteiger partial charge on any atom is 0.248 e. The van der Waals surface area contributed by atoms with Crippen molar-refractivity contribution in [1.82, 2.24) is 20.2 Å². The van der Waals surface area contributed by atoms with Crippen molar-refractivity contribution in [2.75, 3.05) is 11.9 Å². The molecule has 0 spiro atoms. The molecule has 0 unspecified atom stereocenters. The van der Waals surface area contributed by atoms with Gasteiger partial charge in [0, 0.05) is 11.6 Å². The van der Waals surface area contributed by atoms with Crippen LogP contribution in [0.2, 0.25) is 0 Å². The van der Waals surface area contributed by atoms with Crippen molar-refractivity contribution in [1.29, 1.82) is 0 Å². The predicted molar refractivity (Wildman–Crippen MR) is 89.5 cm³/mol. The summed E-state index contributed by atoms with van der Waals surface area (Å²) < 4.78 is 18.6. The van der Waals surface area contributed by atoms with Crippen LogP contribution in [-0.2, 0) is 11.3 Å². The maximum absolute atomic E-state index is 13.3. The number of rotatable bonds is 6. The van der Waals surface area contributed by atoms with E-state index < -0.39 is 5.82 Å². The molecule has 25 heavy (non-hydrogen) atoms. The average Bonchev–Trinajstić information content (AvgIpc) is 3.07. The molecule has 0 saturated heterocycles. The third-order valence-electron chi connectivity index (χ3n) is 3.29. The number of benzene rings is 2. The zero-order chi connectivity index (χ0) is 17.6. The van der Waals surface area contributed by atoms with E-state index in [4.69, 9.17) is 4.74 Å². The number of nitrogens with one attached hydrogen (secondary N) is 1. The van der Waals surface area contributed by atoms with Gasteiger partial charge in [-0.3, -0.25) is 4.79 Å². The van der Waals surface area contributed by atoms with Gasteiger partial charge in [0.25, 0.3) is 0 Å². The van der Waals surface area contributed by atoms with Gasteiger partial charge in [-0.15, -0.1) is 10.2 Å². The fraction of sp³-hybridized carbons (Fsp3) is 0.176. The Hall–Kier alpha value is -3.29. The van der Waals surface area contributed by atoms with Gasteiger partial charge in [0.05, 0.1) is 12.3 Å². The van der Waals surface area contributed by atoms with Crippen LogP contribution in [0.3, 0.4) is 0 Å². The van der Waals surface area contributed by atoms with Gasteiger partial charge in [-0.1, -0.05) is 30.3 Å². The summed E-state index contributed by atoms with van der Waals surface area (Å²) in [6.45, 7) is 2.01. The highest BCUT2D eigenvalue weighted by molar-refractivity contribution is 5.92. The number of anilines is 1. The monoisotopic (exact) mass is 341 g/mol. The lowest BCUT2D eigenvalue weighted by Crippen LogP contribution is -2.21. The molecule has 7 nitrogen and oxygen atoms in total. The molecule has 1 N–H and O–H groups in total. The molecule has 0 bridgehead atoms. The third-order valence-corrected chi connectivity index (χ3v) is 3.29. The highest BCUT2D eigenvalue weighted by Crippen LogP contribution is 2.25. The zero-order valence-electron chi connectivity index (χ0n) is 13.5. The summed E-state index contributed by atoms with van der Waals surface area (Å²) >= 11 is 0. The first kappa shape index (κ1) is 16.6. The van der Waals surface area contributed by atoms with Crippen molar-refractivity contribution in [3.63, 3.8) is 0 Å². The number of carbonyl (C=O) groups excluding carboxylic acids is 1. The van der Waals surface area contributed by atoms with Crippen LogP contribution in [0.5, 0.6) is 5.75 Å². The maximum atomic E-state index is 13.3. The first-order valence-corrected chi connectivity index (χ1v) is 7.71. The molecule has 0 aliphatic heterocycles. The first-order valence-electron chi connectivity index (χ1n) is 7.71. The first-order chi connectivity index (χ1) is 12.2. The Kier molecular flexibility index (Phi) is 4.98. The number of tetrazole rings is 1. The number of ether oxygens (including phenoxy) is 1. The molecule has 3 aromatic rings. The molecule has 1 heterocycles. The van der Waals surface area contributed by atoms with Gasteiger partial charge in [-0.25, -0.2) is 4.39 Å². The molecule has 0 aliphatic carbocycles. The lowest BCUT2D eigenvalue weighted by Gasteiger charge is -2.11. The van der Waals surface area contributed by atoms with Crippen molar-refractivity contribution in [3.8, 4) is 17.1 Å². The van der Waals surface area contributed by atoms with Crippen LogP contribution in [0.25, 0.3) is 11.4 Å². The van der Waals surface area contributed by atoms with Gasteiger partial charge in [-0.05, 0) is 24.3 Å². The van der Waals surface area contributed by atoms with Gasteiger partial charge in [0.15, 0.2) is 0 Å². The van der Waals surface area contributed by atoms with E-state index in [9.17, 15) is 9.18 Å². The van der Waals surface area contributed by atoms with Crippen molar-refractivity contribution >= 4 is 11.6 Å². The topological polar surface area (TPSA) is 81.9 Å². The summed E-state index contributed by atoms with van der Waals surface area (Å²) in [5.41, 5.74) is 1.20. The Bertz CT molecular complexity index is 866. The fourth-order valence-electron chi connectivity index (χ4n) is 2.21. The van der Waals surface area contributed by atoms with Crippen LogP contribution < -0.4 is 10.1 Å². The quantitative estimate of drug-likeness (QED) is 0.745. The SMILES string of the molecule is CCOc1cc(F)ccc1NC(=O)Cn1nnc(-c2ccccc2)n1. The van der Waals surface area contributed by atoms with Crippen LogP contribution in [0, 0.1) is 5.82 Å². The van der Waals surface area contributed by atoms with E-state index in [2.05, 4.69) is 20.7 Å². The number of carbonyl (C=O) groups is 1. The van der Waals surface area contributed by atoms with E-state index in [0.717, 1.165) is 5.56 Å². The molecule has 0 saturated carbocycles. The Morgan fingerprint density at radius 3 is 2.80 bits per heavy atom. The van der Waals surface area contributed by atoms with Crippen molar-refractivity contribution in [3.05, 3.63) is 54.3 Å². The number of hydrogen-bond donors (Lipinski definition) is 1. The normalized spacial score (nSPS) is 10.5. The molecule has 1 aromatic heterocycles. The molecule has 3 rings (SSSR count). The number of halogens is 1. The van der Waals surface area contributed by atoms with Crippen molar-refractivity contribution in [2.24, 2.45) is 0 Å². The summed E-state index contributed by atoms with van der Waals surface area (Å²) in [6, 6.07) is 13.3. The standard InChI is InChI=1S/C17H16FN5O2/c1-2-25-15-10-13(18)8-9-14(15)19-16(24)11-23-21-17(20-22-23)12-6-4-3-5-7-12/h3-10H,2,11H2,1H3,(H,19,24). The van der Waals surface area contributed by atoms with Crippen molar-refractivity contribution in [2.45, 2.75) is 13.5 Å². The molecule has 8 heteroatoms. The molecule has 0 atom stereocenters. The molecule has 2 aromatic carbocycles. The van der Waals surface area contributed by atoms with Crippen LogP contribution in [0.1, 0.15) is 6.92 Å². The highest BCUT2D eigenvalue weighted by Gasteiger charge is 2.12. The molecule has 128 valence electrons. The molecule has 1 amide bonds. The van der Waals surface area contributed by atoms with E-state index in [1.54, 1.807) is 6.92 Å². The van der Waals surface area contributed by atoms with Gasteiger partial charge >= 0.3 is 0 Å². The number of amides is 1. The van der Waals surface area contributed by atoms with Gasteiger partial charge in [0.2, 0.25) is 11.7 Å². The zero-order valence-corrected chi connectivity index (χ0v) is 13.5. The largest absolute Gasteiger partial charge is 0.492 e. The van der Waals surface area contributed by atoms with Crippen LogP contribution in [-0.4, -0.2) is 32.7 Å². The van der Waals surface area contributed by atoms with E-state index in [-0.39, 0.29) is 18.2 Å². The molecule has 0 fully saturated rings. The molecular weight excluding hydrogens is 325 g/mol. The van der Waals surface area contributed by atoms with E-state index in [1.165, 1.54) is 23.0 Å². The van der Waals surface area contributed by atoms with Crippen molar-refractivity contribution < 1.29 is 13.9 Å². The second kappa shape index (κ2) is 7.52. The fourth-order valence-corrected chi connectivity index (χ4v) is 2.21. The summed E-state index contributed by atoms with van der Waals surface area (Å²) in [5, 5.41) is 14.6. The minimum atomic E-state index is -0.438. The third kappa shape index (κ3) is 4.17. The van der Waals surface area contributed by atoms with Crippen LogP contribution >= 0.6 is 0 Å². The Morgan fingerprint density at radius 1 is 1.24 bits per heavy atom. The minimum absolute atomic E-state index is 0.122. The van der Waals surface area contributed by atoms with Gasteiger partial charge in [-0.2, -0.15) is 4.80 Å². The Morgan fingerprint density at radius 2 is 2.04 bits per heavy atom. The lowest BCUT2D eigenvalue weighted by molar-refractivity contribution is -0.117. The van der Waals surface area contributed by atoms with Crippen LogP contribution in [0.4, 0.5) is 10.1 Å². The Balaban J connectivity index is 1.68. The summed E-state index contributed by atoms with van der Waals surface area (Å²) in [7, 11) is 0. The van der Waals surface area contributed by atoms with E-state index >= 15 is 0 Å². The molecular formula is C17H16FN5O2. The van der Waals surface area contributed by atoms with Gasteiger partial charge in [0.1, 0.15) is 18.1 Å². The molecule has 0 radical (unpaired) electrons. The summed E-state index contributed by atoms with van der Waals surface area (Å²) in [4.78, 5) is 13.4. The minimum Gasteiger partial charge on any atom is -0.492 e. The van der Waals surface area contributed by atoms with E-state index in [0.29, 0.717) is 18.1 Å². The second-order valence-electron chi connectivity index (χ2n) is 5.13. The molecule has 0 aliphatic rings. The Labute approximate surface area is 143 Å². The lowest BCUT2D eigenvalue weighted by atomic mass is 10.2. The highest BCUT2D eigenvalue weighted by atomic mass is 19.1. The van der Waals surface area contributed by atoms with E-state index in [1.807, 2.05) is 30.3 Å². The van der Waals surface area contributed by atoms with Gasteiger partial charge < -0.3 is 10.1 Å². The smallest absolute Gasteiger partial charge is 0.248 e. The summed E-state index contributed by atoms with van der Waals surface area (Å²) in [6.07, 6.45) is 0.